The zero-order chi connectivity index (χ0) is 15.7. The first-order chi connectivity index (χ1) is 10.5. The smallest absolute Gasteiger partial charge is 0.247 e. The predicted octanol–water partition coefficient (Wildman–Crippen LogP) is 1.69. The second kappa shape index (κ2) is 6.36. The summed E-state index contributed by atoms with van der Waals surface area (Å²) in [6, 6.07) is 6.87. The lowest BCUT2D eigenvalue weighted by atomic mass is 10.1. The molecule has 0 aromatic heterocycles. The summed E-state index contributed by atoms with van der Waals surface area (Å²) in [4.78, 5) is 28.2. The molecule has 2 atom stereocenters. The molecule has 2 aliphatic heterocycles. The predicted molar refractivity (Wildman–Crippen MR) is 82.4 cm³/mol. The lowest BCUT2D eigenvalue weighted by Gasteiger charge is -2.34. The average Bonchev–Trinajstić information content (AvgIpc) is 2.77. The second-order valence-corrected chi connectivity index (χ2v) is 6.28. The highest BCUT2D eigenvalue weighted by molar-refractivity contribution is 6.30. The third-order valence-electron chi connectivity index (χ3n) is 4.19. The van der Waals surface area contributed by atoms with E-state index in [1.165, 1.54) is 4.90 Å². The lowest BCUT2D eigenvalue weighted by molar-refractivity contribution is -0.141. The number of carbonyl (C=O) groups is 2. The van der Waals surface area contributed by atoms with E-state index >= 15 is 0 Å². The van der Waals surface area contributed by atoms with E-state index in [4.69, 9.17) is 16.3 Å². The van der Waals surface area contributed by atoms with Crippen LogP contribution in [0.2, 0.25) is 5.02 Å². The Morgan fingerprint density at radius 3 is 2.68 bits per heavy atom. The van der Waals surface area contributed by atoms with Crippen LogP contribution in [0.3, 0.4) is 0 Å². The van der Waals surface area contributed by atoms with E-state index in [-0.39, 0.29) is 30.4 Å². The molecule has 1 aromatic carbocycles. The number of ether oxygens (including phenoxy) is 1. The van der Waals surface area contributed by atoms with E-state index in [2.05, 4.69) is 4.90 Å². The third-order valence-corrected chi connectivity index (χ3v) is 4.44. The maximum absolute atomic E-state index is 12.6. The molecule has 0 unspecified atom stereocenters. The number of carbonyl (C=O) groups excluding carboxylic acids is 2. The van der Waals surface area contributed by atoms with E-state index in [0.29, 0.717) is 31.3 Å². The third kappa shape index (κ3) is 3.16. The summed E-state index contributed by atoms with van der Waals surface area (Å²) in [6.07, 6.45) is 0.362. The molecule has 1 aromatic rings. The molecule has 2 amide bonds. The minimum absolute atomic E-state index is 0.0990. The van der Waals surface area contributed by atoms with Crippen molar-refractivity contribution in [3.63, 3.8) is 0 Å². The number of hydrogen-bond donors (Lipinski definition) is 0. The van der Waals surface area contributed by atoms with Crippen molar-refractivity contribution in [3.05, 3.63) is 34.9 Å². The van der Waals surface area contributed by atoms with Gasteiger partial charge in [-0.25, -0.2) is 0 Å². The molecule has 2 saturated heterocycles. The van der Waals surface area contributed by atoms with E-state index in [1.807, 2.05) is 19.1 Å². The quantitative estimate of drug-likeness (QED) is 0.795. The molecule has 0 bridgehead atoms. The number of benzene rings is 1. The van der Waals surface area contributed by atoms with Crippen LogP contribution in [-0.2, 0) is 20.9 Å². The SMILES string of the molecule is C[C@@H]1CN([C@@H]2CC(=O)N(Cc3ccc(Cl)cc3)C2=O)CCO1. The van der Waals surface area contributed by atoms with Crippen LogP contribution < -0.4 is 0 Å². The van der Waals surface area contributed by atoms with Crippen LogP contribution in [0.1, 0.15) is 18.9 Å². The van der Waals surface area contributed by atoms with Crippen molar-refractivity contribution in [3.8, 4) is 0 Å². The van der Waals surface area contributed by atoms with Gasteiger partial charge in [0.05, 0.1) is 31.7 Å². The van der Waals surface area contributed by atoms with E-state index in [1.54, 1.807) is 12.1 Å². The Kier molecular flexibility index (Phi) is 4.47. The van der Waals surface area contributed by atoms with Crippen LogP contribution in [0.15, 0.2) is 24.3 Å². The number of morpholine rings is 1. The van der Waals surface area contributed by atoms with Gasteiger partial charge in [0.25, 0.3) is 0 Å². The van der Waals surface area contributed by atoms with Crippen LogP contribution in [0.25, 0.3) is 0 Å². The molecule has 0 aliphatic carbocycles. The van der Waals surface area contributed by atoms with Gasteiger partial charge in [-0.3, -0.25) is 19.4 Å². The van der Waals surface area contributed by atoms with Gasteiger partial charge in [0.1, 0.15) is 0 Å². The van der Waals surface area contributed by atoms with Gasteiger partial charge in [-0.1, -0.05) is 23.7 Å². The lowest BCUT2D eigenvalue weighted by Crippen LogP contribution is -2.49. The first kappa shape index (κ1) is 15.5. The van der Waals surface area contributed by atoms with Crippen LogP contribution in [-0.4, -0.2) is 53.5 Å². The maximum Gasteiger partial charge on any atom is 0.247 e. The Hall–Kier alpha value is -1.43. The Labute approximate surface area is 134 Å². The van der Waals surface area contributed by atoms with Crippen LogP contribution in [0.4, 0.5) is 0 Å². The highest BCUT2D eigenvalue weighted by Crippen LogP contribution is 2.23. The Morgan fingerprint density at radius 2 is 2.00 bits per heavy atom. The van der Waals surface area contributed by atoms with Gasteiger partial charge in [-0.05, 0) is 24.6 Å². The largest absolute Gasteiger partial charge is 0.376 e. The average molecular weight is 323 g/mol. The zero-order valence-electron chi connectivity index (χ0n) is 12.5. The van der Waals surface area contributed by atoms with Gasteiger partial charge in [0, 0.05) is 18.1 Å². The van der Waals surface area contributed by atoms with Gasteiger partial charge in [-0.2, -0.15) is 0 Å². The second-order valence-electron chi connectivity index (χ2n) is 5.84. The molecule has 0 radical (unpaired) electrons. The summed E-state index contributed by atoms with van der Waals surface area (Å²) >= 11 is 5.86. The summed E-state index contributed by atoms with van der Waals surface area (Å²) in [5, 5.41) is 0.642. The molecule has 5 nitrogen and oxygen atoms in total. The summed E-state index contributed by atoms with van der Waals surface area (Å²) in [5.41, 5.74) is 0.905. The first-order valence-corrected chi connectivity index (χ1v) is 7.86. The summed E-state index contributed by atoms with van der Waals surface area (Å²) in [7, 11) is 0. The van der Waals surface area contributed by atoms with E-state index < -0.39 is 0 Å². The number of nitrogens with zero attached hydrogens (tertiary/aromatic N) is 2. The minimum Gasteiger partial charge on any atom is -0.376 e. The molecule has 2 fully saturated rings. The Morgan fingerprint density at radius 1 is 1.27 bits per heavy atom. The van der Waals surface area contributed by atoms with E-state index in [9.17, 15) is 9.59 Å². The first-order valence-electron chi connectivity index (χ1n) is 7.49. The van der Waals surface area contributed by atoms with E-state index in [0.717, 1.165) is 5.56 Å². The van der Waals surface area contributed by atoms with Crippen molar-refractivity contribution >= 4 is 23.4 Å². The van der Waals surface area contributed by atoms with Crippen molar-refractivity contribution in [2.24, 2.45) is 0 Å². The Balaban J connectivity index is 1.69. The molecular weight excluding hydrogens is 304 g/mol. The maximum atomic E-state index is 12.6. The van der Waals surface area contributed by atoms with Gasteiger partial charge in [0.2, 0.25) is 11.8 Å². The number of likely N-dealkylation sites (tertiary alicyclic amines) is 1. The normalized spacial score (nSPS) is 26.7. The molecule has 2 aliphatic rings. The van der Waals surface area contributed by atoms with Crippen molar-refractivity contribution < 1.29 is 14.3 Å². The standard InChI is InChI=1S/C16H19ClN2O3/c1-11-9-18(6-7-22-11)14-8-15(20)19(16(14)21)10-12-2-4-13(17)5-3-12/h2-5,11,14H,6-10H2,1H3/t11-,14-/m1/s1. The molecule has 3 rings (SSSR count). The number of halogens is 1. The fourth-order valence-electron chi connectivity index (χ4n) is 3.02. The van der Waals surface area contributed by atoms with Gasteiger partial charge in [0.15, 0.2) is 0 Å². The molecule has 0 N–H and O–H groups in total. The molecule has 0 spiro atoms. The van der Waals surface area contributed by atoms with Crippen LogP contribution in [0.5, 0.6) is 0 Å². The van der Waals surface area contributed by atoms with Crippen molar-refractivity contribution in [1.29, 1.82) is 0 Å². The molecule has 118 valence electrons. The van der Waals surface area contributed by atoms with Gasteiger partial charge >= 0.3 is 0 Å². The Bertz CT molecular complexity index is 575. The highest BCUT2D eigenvalue weighted by atomic mass is 35.5. The van der Waals surface area contributed by atoms with Crippen molar-refractivity contribution in [2.45, 2.75) is 32.0 Å². The summed E-state index contributed by atoms with van der Waals surface area (Å²) < 4.78 is 5.50. The number of imide groups is 1. The molecule has 2 heterocycles. The molecule has 0 saturated carbocycles. The monoisotopic (exact) mass is 322 g/mol. The number of rotatable bonds is 3. The topological polar surface area (TPSA) is 49.9 Å². The fourth-order valence-corrected chi connectivity index (χ4v) is 3.14. The minimum atomic E-state index is -0.342. The fraction of sp³-hybridized carbons (Fsp3) is 0.500. The van der Waals surface area contributed by atoms with Crippen molar-refractivity contribution in [2.75, 3.05) is 19.7 Å². The van der Waals surface area contributed by atoms with Crippen molar-refractivity contribution in [1.82, 2.24) is 9.80 Å². The molecular formula is C16H19ClN2O3. The number of hydrogen-bond acceptors (Lipinski definition) is 4. The zero-order valence-corrected chi connectivity index (χ0v) is 13.3. The summed E-state index contributed by atoms with van der Waals surface area (Å²) in [5.74, 6) is -0.210. The van der Waals surface area contributed by atoms with Gasteiger partial charge in [-0.15, -0.1) is 0 Å². The number of amides is 2. The molecule has 22 heavy (non-hydrogen) atoms. The van der Waals surface area contributed by atoms with Crippen LogP contribution >= 0.6 is 11.6 Å². The highest BCUT2D eigenvalue weighted by Gasteiger charge is 2.42. The van der Waals surface area contributed by atoms with Gasteiger partial charge < -0.3 is 4.74 Å². The summed E-state index contributed by atoms with van der Waals surface area (Å²) in [6.45, 7) is 4.29. The van der Waals surface area contributed by atoms with Crippen LogP contribution in [0, 0.1) is 0 Å². The molecule has 6 heteroatoms.